The molecule has 1 N–H and O–H groups in total. The van der Waals surface area contributed by atoms with Gasteiger partial charge in [0.05, 0.1) is 32.5 Å². The molecule has 1 aromatic rings. The topological polar surface area (TPSA) is 45.1 Å². The maximum atomic E-state index is 9.68. The summed E-state index contributed by atoms with van der Waals surface area (Å²) in [5.74, 6) is 0.369. The highest BCUT2D eigenvalue weighted by molar-refractivity contribution is 5.80. The first-order valence-electron chi connectivity index (χ1n) is 5.83. The highest BCUT2D eigenvalue weighted by atomic mass is 16.5. The van der Waals surface area contributed by atoms with E-state index in [0.717, 1.165) is 43.0 Å². The monoisotopic (exact) mass is 234 g/mol. The summed E-state index contributed by atoms with van der Waals surface area (Å²) in [7, 11) is 0. The zero-order valence-corrected chi connectivity index (χ0v) is 10.3. The Hall–Kier alpha value is -1.55. The molecule has 0 saturated carbocycles. The summed E-state index contributed by atoms with van der Waals surface area (Å²) in [4.78, 5) is 0. The molecular weight excluding hydrogens is 216 g/mol. The average Bonchev–Trinajstić information content (AvgIpc) is 2.34. The number of nitrogens with zero attached hydrogens (tertiary/aromatic N) is 2. The molecule has 1 aliphatic rings. The number of aromatic hydroxyl groups is 1. The van der Waals surface area contributed by atoms with E-state index in [1.165, 1.54) is 0 Å². The van der Waals surface area contributed by atoms with Crippen molar-refractivity contribution in [1.82, 2.24) is 5.01 Å². The molecule has 92 valence electrons. The van der Waals surface area contributed by atoms with E-state index in [4.69, 9.17) is 4.74 Å². The van der Waals surface area contributed by atoms with E-state index in [0.29, 0.717) is 5.75 Å². The zero-order valence-electron chi connectivity index (χ0n) is 10.3. The van der Waals surface area contributed by atoms with Gasteiger partial charge in [-0.15, -0.1) is 0 Å². The number of phenolic OH excluding ortho intramolecular Hbond substituents is 1. The molecule has 4 nitrogen and oxygen atoms in total. The summed E-state index contributed by atoms with van der Waals surface area (Å²) in [6.45, 7) is 6.96. The molecule has 0 aliphatic carbocycles. The van der Waals surface area contributed by atoms with Crippen molar-refractivity contribution in [1.29, 1.82) is 0 Å². The Morgan fingerprint density at radius 2 is 1.82 bits per heavy atom. The second-order valence-electron chi connectivity index (χ2n) is 4.31. The van der Waals surface area contributed by atoms with Gasteiger partial charge >= 0.3 is 0 Å². The van der Waals surface area contributed by atoms with Gasteiger partial charge in [0, 0.05) is 0 Å². The maximum Gasteiger partial charge on any atom is 0.121 e. The number of hydrazone groups is 1. The summed E-state index contributed by atoms with van der Waals surface area (Å²) < 4.78 is 5.26. The Morgan fingerprint density at radius 1 is 1.24 bits per heavy atom. The highest BCUT2D eigenvalue weighted by Crippen LogP contribution is 2.22. The molecule has 4 heteroatoms. The van der Waals surface area contributed by atoms with Crippen LogP contribution in [0.5, 0.6) is 5.75 Å². The molecule has 1 aromatic carbocycles. The first-order valence-corrected chi connectivity index (χ1v) is 5.83. The van der Waals surface area contributed by atoms with Crippen LogP contribution in [-0.4, -0.2) is 42.6 Å². The number of hydrogen-bond donors (Lipinski definition) is 1. The van der Waals surface area contributed by atoms with Crippen molar-refractivity contribution in [3.05, 3.63) is 28.8 Å². The number of hydrogen-bond acceptors (Lipinski definition) is 4. The van der Waals surface area contributed by atoms with Crippen molar-refractivity contribution in [2.45, 2.75) is 13.8 Å². The van der Waals surface area contributed by atoms with Crippen LogP contribution in [0.2, 0.25) is 0 Å². The van der Waals surface area contributed by atoms with Crippen molar-refractivity contribution < 1.29 is 9.84 Å². The lowest BCUT2D eigenvalue weighted by Gasteiger charge is -2.23. The molecule has 0 spiro atoms. The quantitative estimate of drug-likeness (QED) is 0.792. The van der Waals surface area contributed by atoms with Gasteiger partial charge in [0.2, 0.25) is 0 Å². The fourth-order valence-corrected chi connectivity index (χ4v) is 1.88. The summed E-state index contributed by atoms with van der Waals surface area (Å²) >= 11 is 0. The summed E-state index contributed by atoms with van der Waals surface area (Å²) in [6, 6.07) is 3.87. The molecule has 0 bridgehead atoms. The second-order valence-corrected chi connectivity index (χ2v) is 4.31. The molecule has 1 heterocycles. The molecule has 2 rings (SSSR count). The smallest absolute Gasteiger partial charge is 0.121 e. The summed E-state index contributed by atoms with van der Waals surface area (Å²) in [5, 5.41) is 16.1. The van der Waals surface area contributed by atoms with Gasteiger partial charge in [0.25, 0.3) is 0 Å². The van der Waals surface area contributed by atoms with Crippen molar-refractivity contribution in [2.24, 2.45) is 5.10 Å². The molecule has 0 aromatic heterocycles. The fraction of sp³-hybridized carbons (Fsp3) is 0.462. The molecule has 0 amide bonds. The lowest BCUT2D eigenvalue weighted by Crippen LogP contribution is -2.32. The van der Waals surface area contributed by atoms with Crippen molar-refractivity contribution in [3.63, 3.8) is 0 Å². The van der Waals surface area contributed by atoms with Gasteiger partial charge < -0.3 is 9.84 Å². The van der Waals surface area contributed by atoms with Crippen LogP contribution in [0, 0.1) is 13.8 Å². The minimum atomic E-state index is 0.369. The molecule has 0 radical (unpaired) electrons. The Labute approximate surface area is 102 Å². The van der Waals surface area contributed by atoms with E-state index in [-0.39, 0.29) is 0 Å². The highest BCUT2D eigenvalue weighted by Gasteiger charge is 2.07. The van der Waals surface area contributed by atoms with E-state index in [9.17, 15) is 5.11 Å². The first-order chi connectivity index (χ1) is 8.16. The number of morpholine rings is 1. The van der Waals surface area contributed by atoms with Crippen molar-refractivity contribution in [3.8, 4) is 5.75 Å². The van der Waals surface area contributed by atoms with Crippen LogP contribution in [-0.2, 0) is 4.74 Å². The number of phenols is 1. The predicted octanol–water partition coefficient (Wildman–Crippen LogP) is 1.68. The van der Waals surface area contributed by atoms with E-state index in [2.05, 4.69) is 5.10 Å². The van der Waals surface area contributed by atoms with Gasteiger partial charge in [0.15, 0.2) is 0 Å². The Morgan fingerprint density at radius 3 is 2.41 bits per heavy atom. The van der Waals surface area contributed by atoms with Gasteiger partial charge in [-0.3, -0.25) is 5.01 Å². The van der Waals surface area contributed by atoms with E-state index in [1.54, 1.807) is 0 Å². The molecule has 0 unspecified atom stereocenters. The van der Waals surface area contributed by atoms with Crippen LogP contribution in [0.4, 0.5) is 0 Å². The largest absolute Gasteiger partial charge is 0.507 e. The maximum absolute atomic E-state index is 9.68. The number of benzene rings is 1. The Balaban J connectivity index is 2.10. The third kappa shape index (κ3) is 2.97. The van der Waals surface area contributed by atoms with Crippen LogP contribution in [0.3, 0.4) is 0 Å². The van der Waals surface area contributed by atoms with Crippen molar-refractivity contribution >= 4 is 6.21 Å². The van der Waals surface area contributed by atoms with Gasteiger partial charge in [-0.1, -0.05) is 0 Å². The van der Waals surface area contributed by atoms with Gasteiger partial charge in [-0.25, -0.2) is 0 Å². The molecule has 1 fully saturated rings. The molecule has 0 atom stereocenters. The molecule has 1 saturated heterocycles. The Bertz CT molecular complexity index is 400. The summed E-state index contributed by atoms with van der Waals surface area (Å²) in [6.07, 6.45) is 1.84. The second kappa shape index (κ2) is 5.19. The third-order valence-corrected chi connectivity index (χ3v) is 2.87. The number of ether oxygens (including phenoxy) is 1. The molecular formula is C13H18N2O2. The first kappa shape index (κ1) is 11.9. The number of rotatable bonds is 2. The minimum Gasteiger partial charge on any atom is -0.507 e. The zero-order chi connectivity index (χ0) is 12.3. The van der Waals surface area contributed by atoms with Gasteiger partial charge in [0.1, 0.15) is 5.75 Å². The van der Waals surface area contributed by atoms with Crippen LogP contribution >= 0.6 is 0 Å². The fourth-order valence-electron chi connectivity index (χ4n) is 1.88. The van der Waals surface area contributed by atoms with Crippen molar-refractivity contribution in [2.75, 3.05) is 26.3 Å². The predicted molar refractivity (Wildman–Crippen MR) is 67.6 cm³/mol. The number of aryl methyl sites for hydroxylation is 2. The van der Waals surface area contributed by atoms with Gasteiger partial charge in [-0.05, 0) is 42.7 Å². The van der Waals surface area contributed by atoms with Crippen LogP contribution in [0.1, 0.15) is 16.7 Å². The van der Waals surface area contributed by atoms with E-state index in [1.807, 2.05) is 37.2 Å². The molecule has 1 aliphatic heterocycles. The van der Waals surface area contributed by atoms with Crippen LogP contribution in [0.15, 0.2) is 17.2 Å². The van der Waals surface area contributed by atoms with E-state index >= 15 is 0 Å². The standard InChI is InChI=1S/C13H18N2O2/c1-10-7-12(8-11(2)13(10)16)9-14-15-3-5-17-6-4-15/h7-9,16H,3-6H2,1-2H3/b14-9-. The van der Waals surface area contributed by atoms with Crippen LogP contribution in [0.25, 0.3) is 0 Å². The van der Waals surface area contributed by atoms with Gasteiger partial charge in [-0.2, -0.15) is 5.10 Å². The third-order valence-electron chi connectivity index (χ3n) is 2.87. The Kier molecular flexibility index (Phi) is 3.64. The average molecular weight is 234 g/mol. The lowest BCUT2D eigenvalue weighted by atomic mass is 10.1. The summed E-state index contributed by atoms with van der Waals surface area (Å²) in [5.41, 5.74) is 2.78. The molecule has 17 heavy (non-hydrogen) atoms. The normalized spacial score (nSPS) is 16.7. The minimum absolute atomic E-state index is 0.369. The van der Waals surface area contributed by atoms with Crippen LogP contribution < -0.4 is 0 Å². The van der Waals surface area contributed by atoms with E-state index < -0.39 is 0 Å². The lowest BCUT2D eigenvalue weighted by molar-refractivity contribution is 0.0397. The SMILES string of the molecule is Cc1cc(/C=N\N2CCOCC2)cc(C)c1O.